The van der Waals surface area contributed by atoms with Crippen molar-refractivity contribution in [2.45, 2.75) is 48.5 Å². The maximum absolute atomic E-state index is 13.7. The minimum absolute atomic E-state index is 0.0391. The first-order valence-corrected chi connectivity index (χ1v) is 17.5. The monoisotopic (exact) mass is 656 g/mol. The average Bonchev–Trinajstić information content (AvgIpc) is 2.97. The largest absolute Gasteiger partial charge is 0.493 e. The molecule has 1 aliphatic carbocycles. The lowest BCUT2D eigenvalue weighted by Crippen LogP contribution is -2.47. The lowest BCUT2D eigenvalue weighted by molar-refractivity contribution is -0.132. The number of amides is 1. The van der Waals surface area contributed by atoms with Crippen molar-refractivity contribution in [1.82, 2.24) is 4.90 Å². The molecule has 0 aromatic heterocycles. The second-order valence-electron chi connectivity index (χ2n) is 10.9. The second kappa shape index (κ2) is 15.1. The number of hydrogen-bond acceptors (Lipinski definition) is 9. The molecule has 43 heavy (non-hydrogen) atoms. The van der Waals surface area contributed by atoms with Crippen molar-refractivity contribution in [3.8, 4) is 23.0 Å². The van der Waals surface area contributed by atoms with Crippen LogP contribution in [0.15, 0.2) is 36.4 Å². The molecule has 0 radical (unpaired) electrons. The Labute approximate surface area is 264 Å². The molecule has 1 aliphatic heterocycles. The van der Waals surface area contributed by atoms with Crippen LogP contribution in [-0.2, 0) is 24.6 Å². The van der Waals surface area contributed by atoms with Gasteiger partial charge in [-0.1, -0.05) is 25.5 Å². The Balaban J connectivity index is 0.000000934. The molecule has 2 aromatic carbocycles. The number of methoxy groups -OCH3 is 4. The smallest absolute Gasteiger partial charge is 0.330 e. The highest BCUT2D eigenvalue weighted by atomic mass is 32.2. The van der Waals surface area contributed by atoms with Gasteiger partial charge in [-0.3, -0.25) is 9.35 Å². The van der Waals surface area contributed by atoms with E-state index in [-0.39, 0.29) is 21.3 Å². The van der Waals surface area contributed by atoms with E-state index >= 15 is 0 Å². The maximum Gasteiger partial charge on any atom is 0.330 e. The van der Waals surface area contributed by atoms with Crippen LogP contribution in [0.1, 0.15) is 50.2 Å². The molecule has 1 saturated carbocycles. The van der Waals surface area contributed by atoms with Gasteiger partial charge >= 0.3 is 10.3 Å². The van der Waals surface area contributed by atoms with Crippen molar-refractivity contribution in [2.24, 2.45) is 11.1 Å². The van der Waals surface area contributed by atoms with Crippen molar-refractivity contribution < 1.29 is 36.7 Å². The van der Waals surface area contributed by atoms with Gasteiger partial charge in [0.2, 0.25) is 5.91 Å². The van der Waals surface area contributed by atoms with Crippen molar-refractivity contribution in [3.63, 3.8) is 0 Å². The summed E-state index contributed by atoms with van der Waals surface area (Å²) in [6, 6.07) is 12.4. The van der Waals surface area contributed by atoms with Gasteiger partial charge in [0, 0.05) is 25.4 Å². The highest BCUT2D eigenvalue weighted by molar-refractivity contribution is 8.18. The number of nitrogens with two attached hydrogens (primary N) is 1. The Morgan fingerprint density at radius 1 is 0.907 bits per heavy atom. The molecule has 240 valence electrons. The number of thioether (sulfide) groups is 2. The van der Waals surface area contributed by atoms with E-state index in [4.69, 9.17) is 31.9 Å². The third-order valence-electron chi connectivity index (χ3n) is 8.11. The van der Waals surface area contributed by atoms with E-state index in [1.54, 1.807) is 28.4 Å². The zero-order chi connectivity index (χ0) is 31.8. The van der Waals surface area contributed by atoms with Gasteiger partial charge in [-0.05, 0) is 72.1 Å². The lowest BCUT2D eigenvalue weighted by Gasteiger charge is -2.46. The molecule has 10 nitrogen and oxygen atoms in total. The second-order valence-corrected chi connectivity index (χ2v) is 14.8. The van der Waals surface area contributed by atoms with Crippen LogP contribution in [0.4, 0.5) is 0 Å². The Kier molecular flexibility index (Phi) is 12.4. The van der Waals surface area contributed by atoms with Crippen LogP contribution in [0.3, 0.4) is 0 Å². The van der Waals surface area contributed by atoms with E-state index in [2.05, 4.69) is 36.3 Å². The summed E-state index contributed by atoms with van der Waals surface area (Å²) in [6.07, 6.45) is 4.97. The van der Waals surface area contributed by atoms with Crippen molar-refractivity contribution in [3.05, 3.63) is 47.5 Å². The molecule has 2 fully saturated rings. The molecule has 1 amide bonds. The first kappa shape index (κ1) is 35.2. The van der Waals surface area contributed by atoms with Gasteiger partial charge in [-0.2, -0.15) is 8.42 Å². The number of rotatable bonds is 11. The third-order valence-corrected chi connectivity index (χ3v) is 11.9. The Bertz CT molecular complexity index is 1340. The molecule has 1 saturated heterocycles. The van der Waals surface area contributed by atoms with Gasteiger partial charge in [0.15, 0.2) is 23.0 Å². The fourth-order valence-electron chi connectivity index (χ4n) is 5.74. The molecule has 0 bridgehead atoms. The first-order chi connectivity index (χ1) is 20.3. The summed E-state index contributed by atoms with van der Waals surface area (Å²) in [4.78, 5) is 15.6. The van der Waals surface area contributed by atoms with E-state index in [9.17, 15) is 4.79 Å². The zero-order valence-corrected chi connectivity index (χ0v) is 28.2. The van der Waals surface area contributed by atoms with E-state index in [0.717, 1.165) is 47.3 Å². The molecule has 3 N–H and O–H groups in total. The van der Waals surface area contributed by atoms with E-state index < -0.39 is 10.3 Å². The van der Waals surface area contributed by atoms with Gasteiger partial charge in [0.05, 0.1) is 32.5 Å². The van der Waals surface area contributed by atoms with Crippen LogP contribution < -0.4 is 24.1 Å². The number of likely N-dealkylation sites (N-methyl/N-ethyl adjacent to an activating group) is 1. The van der Waals surface area contributed by atoms with E-state index in [0.29, 0.717) is 13.0 Å². The summed E-state index contributed by atoms with van der Waals surface area (Å²) in [5.41, 5.74) is 2.37. The fraction of sp³-hybridized carbons (Fsp3) is 0.567. The molecule has 1 heterocycles. The maximum atomic E-state index is 13.7. The number of nitrogens with zero attached hydrogens (tertiary/aromatic N) is 1. The van der Waals surface area contributed by atoms with Crippen LogP contribution in [0.2, 0.25) is 0 Å². The normalized spacial score (nSPS) is 17.8. The molecular formula is C30H44N2O8S3. The summed E-state index contributed by atoms with van der Waals surface area (Å²) < 4.78 is 47.1. The lowest BCUT2D eigenvalue weighted by atomic mass is 9.64. The summed E-state index contributed by atoms with van der Waals surface area (Å²) in [7, 11) is 4.45. The van der Waals surface area contributed by atoms with Crippen LogP contribution in [0.5, 0.6) is 23.0 Å². The van der Waals surface area contributed by atoms with Crippen LogP contribution in [-0.4, -0.2) is 77.3 Å². The molecule has 0 spiro atoms. The van der Waals surface area contributed by atoms with Crippen LogP contribution in [0, 0.1) is 5.92 Å². The van der Waals surface area contributed by atoms with E-state index in [1.165, 1.54) is 24.0 Å². The molecule has 2 aliphatic rings. The SMILES string of the molecule is COc1ccc(C2(CN(C)C(=O)C[C@H](C)C3(c4ccc(OC)c(OC)c4)SCCCS3)CCC2)cc1OC.NS(=O)(=O)O. The molecular weight excluding hydrogens is 613 g/mol. The highest BCUT2D eigenvalue weighted by Gasteiger charge is 2.44. The van der Waals surface area contributed by atoms with Gasteiger partial charge < -0.3 is 23.8 Å². The molecule has 4 rings (SSSR count). The van der Waals surface area contributed by atoms with Crippen molar-refractivity contribution >= 4 is 39.7 Å². The number of ether oxygens (including phenoxy) is 4. The highest BCUT2D eigenvalue weighted by Crippen LogP contribution is 2.57. The standard InChI is InChI=1S/C30H41NO5S2.H3NO3S/c1-21(30(37-15-8-16-38-30)23-10-12-25(34-4)27(19-23)36-6)17-28(32)31(2)20-29(13-7-14-29)22-9-11-24(33-3)26(18-22)35-5;1-5(2,3)4/h9-12,18-19,21H,7-8,13-17,20H2,1-6H3;(H3,1,2,3,4)/t21-;/m0./s1. The predicted octanol–water partition coefficient (Wildman–Crippen LogP) is 5.10. The van der Waals surface area contributed by atoms with Crippen molar-refractivity contribution in [1.29, 1.82) is 0 Å². The molecule has 2 aromatic rings. The molecule has 13 heteroatoms. The summed E-state index contributed by atoms with van der Waals surface area (Å²) in [6.45, 7) is 2.93. The quantitative estimate of drug-likeness (QED) is 0.314. The Morgan fingerprint density at radius 3 is 1.81 bits per heavy atom. The van der Waals surface area contributed by atoms with Crippen molar-refractivity contribution in [2.75, 3.05) is 53.5 Å². The number of hydrogen-bond donors (Lipinski definition) is 2. The van der Waals surface area contributed by atoms with Gasteiger partial charge in [0.1, 0.15) is 0 Å². The van der Waals surface area contributed by atoms with Gasteiger partial charge in [-0.25, -0.2) is 5.14 Å². The Hall–Kier alpha value is -2.32. The molecule has 0 unspecified atom stereocenters. The first-order valence-electron chi connectivity index (χ1n) is 14.0. The third kappa shape index (κ3) is 8.65. The summed E-state index contributed by atoms with van der Waals surface area (Å²) in [5, 5.41) is 3.88. The Morgan fingerprint density at radius 2 is 1.37 bits per heavy atom. The van der Waals surface area contributed by atoms with Gasteiger partial charge in [-0.15, -0.1) is 23.5 Å². The predicted molar refractivity (Wildman–Crippen MR) is 173 cm³/mol. The van der Waals surface area contributed by atoms with Crippen LogP contribution >= 0.6 is 23.5 Å². The summed E-state index contributed by atoms with van der Waals surface area (Å²) in [5.74, 6) is 5.42. The zero-order valence-electron chi connectivity index (χ0n) is 25.8. The van der Waals surface area contributed by atoms with Gasteiger partial charge in [0.25, 0.3) is 0 Å². The molecule has 1 atom stereocenters. The summed E-state index contributed by atoms with van der Waals surface area (Å²) >= 11 is 3.92. The fourth-order valence-corrected chi connectivity index (χ4v) is 9.26. The number of benzene rings is 2. The minimum Gasteiger partial charge on any atom is -0.493 e. The topological polar surface area (TPSA) is 138 Å². The minimum atomic E-state index is -4.17. The van der Waals surface area contributed by atoms with Crippen LogP contribution in [0.25, 0.3) is 0 Å². The van der Waals surface area contributed by atoms with E-state index in [1.807, 2.05) is 47.6 Å². The average molecular weight is 657 g/mol. The number of carbonyl (C=O) groups excluding carboxylic acids is 1. The number of carbonyl (C=O) groups is 1.